The van der Waals surface area contributed by atoms with E-state index in [0.29, 0.717) is 0 Å². The summed E-state index contributed by atoms with van der Waals surface area (Å²) in [5.74, 6) is -26.8. The van der Waals surface area contributed by atoms with Crippen molar-refractivity contribution in [3.05, 3.63) is 0 Å². The fraction of sp³-hybridized carbons (Fsp3) is 0.909. The van der Waals surface area contributed by atoms with E-state index in [1.165, 1.54) is 0 Å². The van der Waals surface area contributed by atoms with Gasteiger partial charge in [0, 0.05) is 6.42 Å². The van der Waals surface area contributed by atoms with Crippen LogP contribution in [0, 0.1) is 0 Å². The lowest BCUT2D eigenvalue weighted by molar-refractivity contribution is -0.404. The Kier molecular flexibility index (Phi) is 6.05. The highest BCUT2D eigenvalue weighted by Gasteiger charge is 2.91. The first-order chi connectivity index (χ1) is 12.1. The zero-order valence-corrected chi connectivity index (χ0v) is 13.8. The van der Waals surface area contributed by atoms with Gasteiger partial charge in [-0.15, -0.1) is 0 Å². The van der Waals surface area contributed by atoms with Crippen molar-refractivity contribution in [3.63, 3.8) is 0 Å². The van der Waals surface area contributed by atoms with Gasteiger partial charge in [0.25, 0.3) is 0 Å². The maximum absolute atomic E-state index is 14.3. The summed E-state index contributed by atoms with van der Waals surface area (Å²) < 4.78 is 165. The molecule has 0 aromatic rings. The third-order valence-corrected chi connectivity index (χ3v) is 4.93. The largest absolute Gasteiger partial charge is 0.460 e. The van der Waals surface area contributed by atoms with E-state index in [9.17, 15) is 57.1 Å². The highest BCUT2D eigenvalue weighted by atomic mass is 32.2. The predicted molar refractivity (Wildman–Crippen MR) is 66.0 cm³/mol. The summed E-state index contributed by atoms with van der Waals surface area (Å²) in [6.07, 6.45) is -11.8. The van der Waals surface area contributed by atoms with Gasteiger partial charge in [0.2, 0.25) is 0 Å². The molecule has 1 aliphatic rings. The fourth-order valence-electron chi connectivity index (χ4n) is 2.22. The third-order valence-electron chi connectivity index (χ3n) is 3.80. The van der Waals surface area contributed by atoms with Crippen molar-refractivity contribution in [1.29, 1.82) is 0 Å². The van der Waals surface area contributed by atoms with Gasteiger partial charge in [0.1, 0.15) is 6.10 Å². The average Bonchev–Trinajstić information content (AvgIpc) is 2.88. The molecule has 3 atom stereocenters. The number of carbonyl (C=O) groups excluding carboxylic acids is 1. The minimum absolute atomic E-state index is 0.220. The SMILES string of the molecule is O=C(OC1CCC(O)C1)C(F)(C(F)(F)C(F)(F)C(F)(F)C(F)(F)F)S(=O)(=O)O. The van der Waals surface area contributed by atoms with Crippen LogP contribution in [-0.4, -0.2) is 65.2 Å². The molecular formula is C11H10F10O6S. The number of hydrogen-bond acceptors (Lipinski definition) is 5. The Labute approximate surface area is 149 Å². The van der Waals surface area contributed by atoms with E-state index in [2.05, 4.69) is 4.74 Å². The maximum Gasteiger partial charge on any atom is 0.460 e. The normalized spacial score (nSPS) is 24.7. The number of hydrogen-bond donors (Lipinski definition) is 2. The predicted octanol–water partition coefficient (Wildman–Crippen LogP) is 2.46. The fourth-order valence-corrected chi connectivity index (χ4v) is 2.94. The maximum atomic E-state index is 14.3. The van der Waals surface area contributed by atoms with Crippen LogP contribution in [0.2, 0.25) is 0 Å². The quantitative estimate of drug-likeness (QED) is 0.359. The second-order valence-electron chi connectivity index (χ2n) is 5.79. The molecule has 0 spiro atoms. The Morgan fingerprint density at radius 3 is 1.64 bits per heavy atom. The number of halogens is 10. The number of ether oxygens (including phenoxy) is 1. The molecule has 17 heteroatoms. The molecule has 0 aliphatic heterocycles. The van der Waals surface area contributed by atoms with Crippen LogP contribution in [-0.2, 0) is 19.6 Å². The lowest BCUT2D eigenvalue weighted by atomic mass is 9.99. The van der Waals surface area contributed by atoms with Crippen LogP contribution < -0.4 is 0 Å². The van der Waals surface area contributed by atoms with Gasteiger partial charge >= 0.3 is 45.0 Å². The van der Waals surface area contributed by atoms with Crippen LogP contribution in [0.15, 0.2) is 0 Å². The molecule has 0 heterocycles. The van der Waals surface area contributed by atoms with Crippen molar-refractivity contribution < 1.29 is 71.5 Å². The van der Waals surface area contributed by atoms with E-state index in [1.54, 1.807) is 0 Å². The van der Waals surface area contributed by atoms with Crippen LogP contribution in [0.3, 0.4) is 0 Å². The van der Waals surface area contributed by atoms with Crippen LogP contribution in [0.4, 0.5) is 43.9 Å². The molecule has 0 amide bonds. The molecule has 0 radical (unpaired) electrons. The van der Waals surface area contributed by atoms with Crippen molar-refractivity contribution >= 4 is 16.1 Å². The van der Waals surface area contributed by atoms with Crippen molar-refractivity contribution in [2.75, 3.05) is 0 Å². The number of aliphatic hydroxyl groups excluding tert-OH is 1. The van der Waals surface area contributed by atoms with Gasteiger partial charge in [-0.3, -0.25) is 4.55 Å². The van der Waals surface area contributed by atoms with Crippen LogP contribution in [0.1, 0.15) is 19.3 Å². The highest BCUT2D eigenvalue weighted by Crippen LogP contribution is 2.58. The molecule has 1 aliphatic carbocycles. The minimum Gasteiger partial charge on any atom is -0.459 e. The first-order valence-corrected chi connectivity index (χ1v) is 8.34. The number of rotatable bonds is 6. The Bertz CT molecular complexity index is 720. The Morgan fingerprint density at radius 1 is 0.857 bits per heavy atom. The third kappa shape index (κ3) is 3.51. The molecule has 0 bridgehead atoms. The number of esters is 1. The van der Waals surface area contributed by atoms with Crippen molar-refractivity contribution in [1.82, 2.24) is 0 Å². The Hall–Kier alpha value is -1.36. The summed E-state index contributed by atoms with van der Waals surface area (Å²) >= 11 is 0. The van der Waals surface area contributed by atoms with E-state index in [-0.39, 0.29) is 6.42 Å². The van der Waals surface area contributed by atoms with E-state index < -0.39 is 70.1 Å². The second-order valence-corrected chi connectivity index (χ2v) is 7.30. The molecule has 28 heavy (non-hydrogen) atoms. The summed E-state index contributed by atoms with van der Waals surface area (Å²) in [5, 5.41) is 2.39. The van der Waals surface area contributed by atoms with Crippen LogP contribution in [0.5, 0.6) is 0 Å². The van der Waals surface area contributed by atoms with E-state index in [4.69, 9.17) is 9.66 Å². The van der Waals surface area contributed by atoms with Crippen molar-refractivity contribution in [2.24, 2.45) is 0 Å². The molecule has 0 aromatic carbocycles. The highest BCUT2D eigenvalue weighted by molar-refractivity contribution is 7.88. The molecule has 1 fully saturated rings. The minimum atomic E-state index is -7.86. The molecule has 1 saturated carbocycles. The topological polar surface area (TPSA) is 101 Å². The molecule has 0 saturated heterocycles. The van der Waals surface area contributed by atoms with Crippen molar-refractivity contribution in [2.45, 2.75) is 60.4 Å². The number of alkyl halides is 10. The second kappa shape index (κ2) is 6.86. The first-order valence-electron chi connectivity index (χ1n) is 6.89. The zero-order valence-electron chi connectivity index (χ0n) is 13.0. The van der Waals surface area contributed by atoms with E-state index in [1.807, 2.05) is 0 Å². The smallest absolute Gasteiger partial charge is 0.459 e. The Morgan fingerprint density at radius 2 is 1.32 bits per heavy atom. The summed E-state index contributed by atoms with van der Waals surface area (Å²) in [5.41, 5.74) is 0. The standard InChI is InChI=1S/C11H10F10O6S/c12-7(28(24,25)26,6(23)27-5-2-1-4(22)3-5)8(13,14)9(15,16)10(17,18)11(19,20)21/h4-5,22H,1-3H2,(H,24,25,26). The number of aliphatic hydroxyl groups is 1. The molecule has 1 rings (SSSR count). The van der Waals surface area contributed by atoms with Gasteiger partial charge < -0.3 is 9.84 Å². The number of carbonyl (C=O) groups is 1. The van der Waals surface area contributed by atoms with Crippen LogP contribution >= 0.6 is 0 Å². The summed E-state index contributed by atoms with van der Waals surface area (Å²) in [6, 6.07) is 0. The zero-order chi connectivity index (χ0) is 22.6. The summed E-state index contributed by atoms with van der Waals surface area (Å²) in [6.45, 7) is 0. The van der Waals surface area contributed by atoms with Crippen molar-refractivity contribution in [3.8, 4) is 0 Å². The molecule has 6 nitrogen and oxygen atoms in total. The molecular weight excluding hydrogens is 450 g/mol. The monoisotopic (exact) mass is 460 g/mol. The molecule has 0 aromatic heterocycles. The lowest BCUT2D eigenvalue weighted by Gasteiger charge is -2.38. The van der Waals surface area contributed by atoms with Gasteiger partial charge in [-0.25, -0.2) is 9.18 Å². The average molecular weight is 460 g/mol. The molecule has 3 unspecified atom stereocenters. The van der Waals surface area contributed by atoms with Gasteiger partial charge in [0.15, 0.2) is 0 Å². The lowest BCUT2D eigenvalue weighted by Crippen LogP contribution is -2.71. The summed E-state index contributed by atoms with van der Waals surface area (Å²) in [4.78, 5) is 11.5. The van der Waals surface area contributed by atoms with Crippen LogP contribution in [0.25, 0.3) is 0 Å². The van der Waals surface area contributed by atoms with E-state index >= 15 is 0 Å². The van der Waals surface area contributed by atoms with Gasteiger partial charge in [-0.05, 0) is 12.8 Å². The van der Waals surface area contributed by atoms with E-state index in [0.717, 1.165) is 0 Å². The van der Waals surface area contributed by atoms with Gasteiger partial charge in [-0.2, -0.15) is 47.9 Å². The molecule has 2 N–H and O–H groups in total. The first kappa shape index (κ1) is 24.7. The van der Waals surface area contributed by atoms with Gasteiger partial charge in [0.05, 0.1) is 6.10 Å². The summed E-state index contributed by atoms with van der Waals surface area (Å²) in [7, 11) is -7.40. The Balaban J connectivity index is 3.52. The van der Waals surface area contributed by atoms with Gasteiger partial charge in [-0.1, -0.05) is 0 Å². The molecule has 166 valence electrons.